The number of hydrogen-bond donors (Lipinski definition) is 0. The Kier molecular flexibility index (Phi) is 20.4. The molecule has 0 atom stereocenters. The molecule has 16 aromatic carbocycles. The van der Waals surface area contributed by atoms with Crippen molar-refractivity contribution >= 4 is 110 Å². The first-order valence-electron chi connectivity index (χ1n) is 44.7. The Morgan fingerprint density at radius 1 is 0.167 bits per heavy atom. The molecule has 5 nitrogen and oxygen atoms in total. The Morgan fingerprint density at radius 2 is 0.405 bits per heavy atom. The fourth-order valence-electron chi connectivity index (χ4n) is 20.3. The van der Waals surface area contributed by atoms with Crippen LogP contribution in [0.3, 0.4) is 0 Å². The van der Waals surface area contributed by atoms with E-state index in [0.717, 1.165) is 94.9 Å². The summed E-state index contributed by atoms with van der Waals surface area (Å²) in [6.45, 7) is 41.5. The molecule has 624 valence electrons. The van der Waals surface area contributed by atoms with Crippen LogP contribution >= 0.6 is 0 Å². The van der Waals surface area contributed by atoms with Gasteiger partial charge < -0.3 is 22.1 Å². The molecule has 0 unspecified atom stereocenters. The second kappa shape index (κ2) is 31.3. The monoisotopic (exact) mass is 1640 g/mol. The smallest absolute Gasteiger partial charge is 0.143 e. The average Bonchev–Trinajstić information content (AvgIpc) is 1.54. The van der Waals surface area contributed by atoms with Gasteiger partial charge in [0.15, 0.2) is 0 Å². The highest BCUT2D eigenvalue weighted by Crippen LogP contribution is 2.53. The van der Waals surface area contributed by atoms with Crippen LogP contribution in [0, 0.1) is 0 Å². The van der Waals surface area contributed by atoms with E-state index in [1.165, 1.54) is 144 Å². The molecule has 0 N–H and O–H groups in total. The van der Waals surface area contributed by atoms with Crippen LogP contribution in [-0.2, 0) is 38.9 Å². The molecule has 0 saturated heterocycles. The molecule has 0 fully saturated rings. The maximum absolute atomic E-state index is 6.44. The molecule has 22 rings (SSSR count). The molecule has 0 aliphatic heterocycles. The number of fused-ring (bicyclic) bond motifs is 18. The van der Waals surface area contributed by atoms with Gasteiger partial charge in [-0.15, -0.1) is 0 Å². The first-order valence-corrected chi connectivity index (χ1v) is 44.7. The summed E-state index contributed by atoms with van der Waals surface area (Å²) in [5, 5.41) is 11.7. The lowest BCUT2D eigenvalue weighted by Crippen LogP contribution is -2.23. The Bertz CT molecular complexity index is 7660. The average molecular weight is 1640 g/mol. The Morgan fingerprint density at radius 3 is 0.786 bits per heavy atom. The first kappa shape index (κ1) is 82.1. The van der Waals surface area contributed by atoms with Crippen LogP contribution in [0.15, 0.2) is 350 Å². The molecule has 1 aliphatic carbocycles. The van der Waals surface area contributed by atoms with Crippen molar-refractivity contribution in [1.82, 2.24) is 0 Å². The molecule has 0 radical (unpaired) electrons. The number of rotatable bonds is 6. The Balaban J connectivity index is 0.000000111. The quantitative estimate of drug-likeness (QED) is 0.166. The maximum atomic E-state index is 6.44. The Labute approximate surface area is 740 Å². The van der Waals surface area contributed by atoms with Crippen molar-refractivity contribution < 1.29 is 22.1 Å². The fraction of sp³-hybridized carbons (Fsp3) is 0.207. The second-order valence-corrected chi connectivity index (χ2v) is 40.5. The fourth-order valence-corrected chi connectivity index (χ4v) is 20.3. The molecule has 1 aliphatic rings. The van der Waals surface area contributed by atoms with E-state index in [0.29, 0.717) is 0 Å². The minimum absolute atomic E-state index is 0.0351. The van der Waals surface area contributed by atoms with Gasteiger partial charge in [-0.2, -0.15) is 0 Å². The van der Waals surface area contributed by atoms with E-state index < -0.39 is 0 Å². The number of para-hydroxylation sites is 8. The number of benzene rings is 16. The van der Waals surface area contributed by atoms with E-state index in [-0.39, 0.29) is 32.5 Å². The minimum atomic E-state index is -0.117. The molecule has 5 heterocycles. The molecule has 0 spiro atoms. The van der Waals surface area contributed by atoms with Crippen molar-refractivity contribution in [2.75, 3.05) is 0 Å². The van der Waals surface area contributed by atoms with Gasteiger partial charge in [-0.3, -0.25) is 0 Å². The van der Waals surface area contributed by atoms with Crippen molar-refractivity contribution in [3.63, 3.8) is 0 Å². The van der Waals surface area contributed by atoms with E-state index in [4.69, 9.17) is 22.1 Å². The summed E-state index contributed by atoms with van der Waals surface area (Å²) < 4.78 is 31.6. The van der Waals surface area contributed by atoms with Gasteiger partial charge >= 0.3 is 0 Å². The third-order valence-electron chi connectivity index (χ3n) is 25.5. The van der Waals surface area contributed by atoms with Gasteiger partial charge in [-0.1, -0.05) is 410 Å². The van der Waals surface area contributed by atoms with Gasteiger partial charge in [-0.05, 0) is 187 Å². The van der Waals surface area contributed by atoms with Crippen molar-refractivity contribution in [3.05, 3.63) is 372 Å². The lowest BCUT2D eigenvalue weighted by molar-refractivity contribution is 0.531. The van der Waals surface area contributed by atoms with E-state index in [9.17, 15) is 0 Å². The highest BCUT2D eigenvalue weighted by molar-refractivity contribution is 6.16. The molecule has 0 saturated carbocycles. The van der Waals surface area contributed by atoms with E-state index >= 15 is 0 Å². The topological polar surface area (TPSA) is 65.7 Å². The summed E-state index contributed by atoms with van der Waals surface area (Å²) >= 11 is 0. The lowest BCUT2D eigenvalue weighted by atomic mass is 9.72. The molecule has 0 amide bonds. The zero-order valence-electron chi connectivity index (χ0n) is 75.9. The van der Waals surface area contributed by atoms with Gasteiger partial charge in [0.05, 0.1) is 0 Å². The van der Waals surface area contributed by atoms with Gasteiger partial charge in [0.2, 0.25) is 0 Å². The van der Waals surface area contributed by atoms with E-state index in [2.05, 4.69) is 410 Å². The van der Waals surface area contributed by atoms with Crippen LogP contribution in [0.5, 0.6) is 0 Å². The third kappa shape index (κ3) is 14.7. The van der Waals surface area contributed by atoms with Gasteiger partial charge in [0.1, 0.15) is 55.8 Å². The van der Waals surface area contributed by atoms with Crippen LogP contribution < -0.4 is 0 Å². The third-order valence-corrected chi connectivity index (χ3v) is 25.5. The molecular formula is C121H110O5. The van der Waals surface area contributed by atoms with E-state index in [1.807, 2.05) is 42.5 Å². The first-order chi connectivity index (χ1) is 60.4. The van der Waals surface area contributed by atoms with Crippen molar-refractivity contribution in [1.29, 1.82) is 0 Å². The highest BCUT2D eigenvalue weighted by Gasteiger charge is 2.35. The zero-order chi connectivity index (χ0) is 87.7. The van der Waals surface area contributed by atoms with E-state index in [1.54, 1.807) is 0 Å². The minimum Gasteiger partial charge on any atom is -0.456 e. The summed E-state index contributed by atoms with van der Waals surface area (Å²) in [7, 11) is 0. The van der Waals surface area contributed by atoms with Crippen molar-refractivity contribution in [2.24, 2.45) is 0 Å². The summed E-state index contributed by atoms with van der Waals surface area (Å²) in [6, 6.07) is 116. The summed E-state index contributed by atoms with van der Waals surface area (Å²) in [6.07, 6.45) is 1.00. The van der Waals surface area contributed by atoms with Gasteiger partial charge in [-0.25, -0.2) is 0 Å². The number of hydrogen-bond acceptors (Lipinski definition) is 5. The predicted molar refractivity (Wildman–Crippen MR) is 535 cm³/mol. The zero-order valence-corrected chi connectivity index (χ0v) is 75.9. The van der Waals surface area contributed by atoms with Crippen LogP contribution in [0.2, 0.25) is 0 Å². The van der Waals surface area contributed by atoms with Gasteiger partial charge in [0.25, 0.3) is 0 Å². The molecule has 5 aromatic heterocycles. The lowest BCUT2D eigenvalue weighted by Gasteiger charge is -2.32. The maximum Gasteiger partial charge on any atom is 0.143 e. The molecular weight excluding hydrogens is 1530 g/mol. The summed E-state index contributed by atoms with van der Waals surface area (Å²) in [4.78, 5) is 0. The highest BCUT2D eigenvalue weighted by atomic mass is 16.3. The standard InChI is InChI=1S/C35H28O.C34H26O2.2C26H28O/c1-35(2,3)34-27(25-15-8-12-23-21-22-11-4-5-13-24(22)32(23)25)17-9-18-28(34)26-16-10-20-31-33(26)29-14-6-7-19-30(29)36-31;1-34(2,3)31-23(27-17-9-15-25-21-11-4-6-19-29(21)35-32(25)27)13-8-14-24(31)28-18-10-16-26-22-12-5-7-20-30(22)36-33(26)28;1-25(2,3)21-15-10-12-18(23(21)26(4,5)6)20-14-9-13-19-17-11-7-8-16-22(17)27-24(19)20;1-25(2,3)20-14-9-13-18(24(20)26(4,5)6)17-12-10-16-22-23(17)19-11-7-8-15-21(19)27-22/h4-20H,21H2,1-3H3;4-20H,1-3H3;2*7-16H,1-6H3. The predicted octanol–water partition coefficient (Wildman–Crippen LogP) is 35.6. The molecule has 5 heteroatoms. The molecule has 21 aromatic rings. The van der Waals surface area contributed by atoms with Crippen molar-refractivity contribution in [3.8, 4) is 77.9 Å². The second-order valence-electron chi connectivity index (χ2n) is 40.5. The molecule has 0 bridgehead atoms. The molecule has 126 heavy (non-hydrogen) atoms. The Hall–Kier alpha value is -13.5. The van der Waals surface area contributed by atoms with Gasteiger partial charge in [0, 0.05) is 70.6 Å². The van der Waals surface area contributed by atoms with Crippen LogP contribution in [-0.4, -0.2) is 0 Å². The summed E-state index contributed by atoms with van der Waals surface area (Å²) in [5.41, 5.74) is 38.2. The van der Waals surface area contributed by atoms with Crippen molar-refractivity contribution in [2.45, 2.75) is 164 Å². The number of furan rings is 5. The normalized spacial score (nSPS) is 12.7. The van der Waals surface area contributed by atoms with Crippen LogP contribution in [0.1, 0.15) is 169 Å². The SMILES string of the molecule is CC(C)(C)c1c(-c2cccc3c2-c2ccccc2C3)cccc1-c1cccc2oc3ccccc3c12.CC(C)(C)c1c(-c2cccc3c2oc2ccccc23)cccc1-c1cccc2c1oc1ccccc12.CC(C)(C)c1cccc(-c2cccc3c2oc2ccccc23)c1C(C)(C)C.CC(C)(C)c1cccc(-c2cccc3oc4ccccc4c23)c1C(C)(C)C. The summed E-state index contributed by atoms with van der Waals surface area (Å²) in [5.74, 6) is 0. The van der Waals surface area contributed by atoms with Crippen LogP contribution in [0.25, 0.3) is 188 Å². The van der Waals surface area contributed by atoms with Crippen LogP contribution in [0.4, 0.5) is 0 Å². The largest absolute Gasteiger partial charge is 0.456 e.